The number of alkyl carbamates (subject to hydrolysis) is 1. The lowest BCUT2D eigenvalue weighted by molar-refractivity contribution is 0.158. The van der Waals surface area contributed by atoms with Crippen LogP contribution in [0.25, 0.3) is 0 Å². The summed E-state index contributed by atoms with van der Waals surface area (Å²) in [5, 5.41) is 6.75. The second-order valence-corrected chi connectivity index (χ2v) is 4.02. The van der Waals surface area contributed by atoms with Crippen LogP contribution in [0.5, 0.6) is 0 Å². The molecule has 0 fully saturated rings. The topological polar surface area (TPSA) is 79.5 Å². The summed E-state index contributed by atoms with van der Waals surface area (Å²) in [5.41, 5.74) is 0.728. The van der Waals surface area contributed by atoms with Crippen molar-refractivity contribution in [2.45, 2.75) is 13.5 Å². The Balaban J connectivity index is 2.31. The molecule has 0 spiro atoms. The van der Waals surface area contributed by atoms with Crippen molar-refractivity contribution in [3.8, 4) is 0 Å². The summed E-state index contributed by atoms with van der Waals surface area (Å²) in [7, 11) is 0. The zero-order chi connectivity index (χ0) is 15.0. The van der Waals surface area contributed by atoms with Crippen LogP contribution in [0.1, 0.15) is 12.5 Å². The van der Waals surface area contributed by atoms with Gasteiger partial charge in [0.25, 0.3) is 0 Å². The molecule has 3 N–H and O–H groups in total. The van der Waals surface area contributed by atoms with E-state index in [9.17, 15) is 14.0 Å². The van der Waals surface area contributed by atoms with E-state index in [1.807, 2.05) is 0 Å². The number of amides is 3. The smallest absolute Gasteiger partial charge is 0.413 e. The lowest BCUT2D eigenvalue weighted by Crippen LogP contribution is -2.46. The number of ether oxygens (including phenoxy) is 1. The Kier molecular flexibility index (Phi) is 6.38. The molecule has 0 aliphatic heterocycles. The van der Waals surface area contributed by atoms with E-state index in [1.165, 1.54) is 12.1 Å². The van der Waals surface area contributed by atoms with E-state index in [4.69, 9.17) is 12.2 Å². The molecule has 0 aliphatic carbocycles. The van der Waals surface area contributed by atoms with Crippen LogP contribution in [0.15, 0.2) is 24.3 Å². The molecule has 0 saturated heterocycles. The van der Waals surface area contributed by atoms with Gasteiger partial charge in [-0.2, -0.15) is 0 Å². The molecule has 1 aromatic carbocycles. The Hall–Kier alpha value is -2.22. The summed E-state index contributed by atoms with van der Waals surface area (Å²) < 4.78 is 17.3. The van der Waals surface area contributed by atoms with Crippen molar-refractivity contribution in [2.24, 2.45) is 0 Å². The van der Waals surface area contributed by atoms with E-state index < -0.39 is 12.1 Å². The van der Waals surface area contributed by atoms with E-state index in [0.717, 1.165) is 5.56 Å². The van der Waals surface area contributed by atoms with Gasteiger partial charge in [0.05, 0.1) is 6.61 Å². The molecule has 1 rings (SSSR count). The number of rotatable bonds is 3. The first-order chi connectivity index (χ1) is 9.51. The number of carbonyl (C=O) groups excluding carboxylic acids is 2. The number of hydrogen-bond donors (Lipinski definition) is 3. The largest absolute Gasteiger partial charge is 0.450 e. The fraction of sp³-hybridized carbons (Fsp3) is 0.250. The Morgan fingerprint density at radius 1 is 1.25 bits per heavy atom. The van der Waals surface area contributed by atoms with Crippen molar-refractivity contribution in [2.75, 3.05) is 6.61 Å². The number of hydrogen-bond acceptors (Lipinski definition) is 4. The third kappa shape index (κ3) is 6.10. The summed E-state index contributed by atoms with van der Waals surface area (Å²) >= 11 is 4.74. The van der Waals surface area contributed by atoms with Gasteiger partial charge in [0, 0.05) is 6.54 Å². The number of carbonyl (C=O) groups is 2. The maximum atomic E-state index is 12.7. The van der Waals surface area contributed by atoms with Crippen molar-refractivity contribution < 1.29 is 18.7 Å². The first kappa shape index (κ1) is 15.8. The molecule has 0 unspecified atom stereocenters. The minimum atomic E-state index is -0.740. The first-order valence-electron chi connectivity index (χ1n) is 5.78. The van der Waals surface area contributed by atoms with E-state index in [2.05, 4.69) is 20.7 Å². The molecule has 0 aliphatic rings. The van der Waals surface area contributed by atoms with E-state index in [-0.39, 0.29) is 24.1 Å². The van der Waals surface area contributed by atoms with Crippen LogP contribution in [-0.2, 0) is 11.3 Å². The molecule has 0 radical (unpaired) electrons. The first-order valence-corrected chi connectivity index (χ1v) is 6.19. The van der Waals surface area contributed by atoms with E-state index in [0.29, 0.717) is 0 Å². The van der Waals surface area contributed by atoms with Crippen molar-refractivity contribution in [1.82, 2.24) is 16.0 Å². The van der Waals surface area contributed by atoms with Crippen LogP contribution < -0.4 is 16.0 Å². The maximum absolute atomic E-state index is 12.7. The van der Waals surface area contributed by atoms with Crippen molar-refractivity contribution in [1.29, 1.82) is 0 Å². The summed E-state index contributed by atoms with van der Waals surface area (Å²) in [4.78, 5) is 22.5. The summed E-state index contributed by atoms with van der Waals surface area (Å²) in [5.74, 6) is -0.349. The van der Waals surface area contributed by atoms with Gasteiger partial charge in [0.1, 0.15) is 5.82 Å². The third-order valence-electron chi connectivity index (χ3n) is 2.08. The normalized spacial score (nSPS) is 9.50. The third-order valence-corrected chi connectivity index (χ3v) is 2.29. The van der Waals surface area contributed by atoms with Crippen molar-refractivity contribution >= 4 is 29.5 Å². The van der Waals surface area contributed by atoms with Crippen molar-refractivity contribution in [3.05, 3.63) is 35.6 Å². The fourth-order valence-corrected chi connectivity index (χ4v) is 1.40. The standard InChI is InChI=1S/C12H14FN3O3S/c1-2-19-12(18)16-11(20)15-10(17)14-7-8-3-5-9(13)6-4-8/h3-6H,2,7H2,1H3,(H3,14,15,16,17,18,20). The number of thiocarbonyl (C=S) groups is 1. The SMILES string of the molecule is CCOC(=O)NC(=S)NC(=O)NCc1ccc(F)cc1. The highest BCUT2D eigenvalue weighted by atomic mass is 32.1. The molecular weight excluding hydrogens is 285 g/mol. The van der Waals surface area contributed by atoms with Gasteiger partial charge in [-0.05, 0) is 36.8 Å². The highest BCUT2D eigenvalue weighted by molar-refractivity contribution is 7.80. The second kappa shape index (κ2) is 8.05. The van der Waals surface area contributed by atoms with Crippen LogP contribution in [-0.4, -0.2) is 23.8 Å². The van der Waals surface area contributed by atoms with Gasteiger partial charge in [-0.1, -0.05) is 12.1 Å². The molecule has 6 nitrogen and oxygen atoms in total. The average Bonchev–Trinajstić information content (AvgIpc) is 2.38. The monoisotopic (exact) mass is 299 g/mol. The lowest BCUT2D eigenvalue weighted by atomic mass is 10.2. The van der Waals surface area contributed by atoms with Crippen LogP contribution in [0, 0.1) is 5.82 Å². The molecular formula is C12H14FN3O3S. The molecule has 0 heterocycles. The fourth-order valence-electron chi connectivity index (χ4n) is 1.22. The molecule has 1 aromatic rings. The van der Waals surface area contributed by atoms with Gasteiger partial charge < -0.3 is 10.1 Å². The number of halogens is 1. The van der Waals surface area contributed by atoms with Gasteiger partial charge in [-0.15, -0.1) is 0 Å². The Morgan fingerprint density at radius 3 is 2.50 bits per heavy atom. The highest BCUT2D eigenvalue weighted by Crippen LogP contribution is 2.01. The predicted molar refractivity (Wildman–Crippen MR) is 74.5 cm³/mol. The highest BCUT2D eigenvalue weighted by Gasteiger charge is 2.07. The van der Waals surface area contributed by atoms with Gasteiger partial charge in [0.2, 0.25) is 0 Å². The Morgan fingerprint density at radius 2 is 1.90 bits per heavy atom. The molecule has 8 heteroatoms. The molecule has 20 heavy (non-hydrogen) atoms. The zero-order valence-corrected chi connectivity index (χ0v) is 11.6. The predicted octanol–water partition coefficient (Wildman–Crippen LogP) is 1.66. The van der Waals surface area contributed by atoms with Gasteiger partial charge in [-0.3, -0.25) is 10.6 Å². The lowest BCUT2D eigenvalue weighted by Gasteiger charge is -2.09. The minimum absolute atomic E-state index is 0.167. The van der Waals surface area contributed by atoms with Gasteiger partial charge >= 0.3 is 12.1 Å². The number of urea groups is 1. The second-order valence-electron chi connectivity index (χ2n) is 3.61. The molecule has 108 valence electrons. The quantitative estimate of drug-likeness (QED) is 0.742. The minimum Gasteiger partial charge on any atom is -0.450 e. The van der Waals surface area contributed by atoms with Crippen LogP contribution in [0.4, 0.5) is 14.0 Å². The molecule has 0 aromatic heterocycles. The summed E-state index contributed by atoms with van der Waals surface area (Å²) in [6.45, 7) is 2.05. The van der Waals surface area contributed by atoms with Gasteiger partial charge in [0.15, 0.2) is 5.11 Å². The van der Waals surface area contributed by atoms with E-state index >= 15 is 0 Å². The number of nitrogens with one attached hydrogen (secondary N) is 3. The number of benzene rings is 1. The Labute approximate surface area is 120 Å². The average molecular weight is 299 g/mol. The molecule has 0 atom stereocenters. The zero-order valence-electron chi connectivity index (χ0n) is 10.7. The van der Waals surface area contributed by atoms with Crippen molar-refractivity contribution in [3.63, 3.8) is 0 Å². The Bertz CT molecular complexity index is 493. The summed E-state index contributed by atoms with van der Waals surface area (Å²) in [6.07, 6.45) is -0.740. The van der Waals surface area contributed by atoms with Crippen LogP contribution in [0.2, 0.25) is 0 Å². The van der Waals surface area contributed by atoms with E-state index in [1.54, 1.807) is 19.1 Å². The molecule has 0 bridgehead atoms. The van der Waals surface area contributed by atoms with Gasteiger partial charge in [-0.25, -0.2) is 14.0 Å². The maximum Gasteiger partial charge on any atom is 0.413 e. The molecule has 0 saturated carbocycles. The molecule has 3 amide bonds. The van der Waals surface area contributed by atoms with Crippen LogP contribution in [0.3, 0.4) is 0 Å². The summed E-state index contributed by atoms with van der Waals surface area (Å²) in [6, 6.07) is 5.09. The van der Waals surface area contributed by atoms with Crippen LogP contribution >= 0.6 is 12.2 Å².